The fourth-order valence-corrected chi connectivity index (χ4v) is 3.25. The third-order valence-electron chi connectivity index (χ3n) is 4.03. The molecular formula is C12H15NO5. The van der Waals surface area contributed by atoms with Crippen molar-refractivity contribution in [3.05, 3.63) is 12.2 Å². The summed E-state index contributed by atoms with van der Waals surface area (Å²) < 4.78 is 10.7. The highest BCUT2D eigenvalue weighted by molar-refractivity contribution is 5.90. The predicted molar refractivity (Wildman–Crippen MR) is 59.8 cm³/mol. The van der Waals surface area contributed by atoms with Gasteiger partial charge in [-0.2, -0.15) is 0 Å². The number of hydrogen-bond donors (Lipinski definition) is 1. The van der Waals surface area contributed by atoms with Gasteiger partial charge in [-0.1, -0.05) is 12.2 Å². The topological polar surface area (TPSA) is 76.1 Å². The Morgan fingerprint density at radius 2 is 2.50 bits per heavy atom. The first-order valence-corrected chi connectivity index (χ1v) is 5.97. The quantitative estimate of drug-likeness (QED) is 0.683. The van der Waals surface area contributed by atoms with Gasteiger partial charge in [-0.3, -0.25) is 9.59 Å². The summed E-state index contributed by atoms with van der Waals surface area (Å²) in [5.74, 6) is -2.43. The van der Waals surface area contributed by atoms with E-state index in [1.807, 2.05) is 6.08 Å². The minimum Gasteiger partial charge on any atom is -0.481 e. The Bertz CT molecular complexity index is 434. The van der Waals surface area contributed by atoms with Gasteiger partial charge in [0.05, 0.1) is 25.2 Å². The molecule has 3 heterocycles. The lowest BCUT2D eigenvalue weighted by atomic mass is 9.77. The largest absolute Gasteiger partial charge is 0.481 e. The van der Waals surface area contributed by atoms with E-state index in [2.05, 4.69) is 0 Å². The number of fused-ring (bicyclic) bond motifs is 1. The molecule has 1 spiro atoms. The summed E-state index contributed by atoms with van der Waals surface area (Å²) in [6.07, 6.45) is 3.16. The van der Waals surface area contributed by atoms with E-state index in [-0.39, 0.29) is 5.91 Å². The lowest BCUT2D eigenvalue weighted by Gasteiger charge is -2.21. The summed E-state index contributed by atoms with van der Waals surface area (Å²) in [5, 5.41) is 9.25. The molecule has 0 aromatic rings. The van der Waals surface area contributed by atoms with Gasteiger partial charge < -0.3 is 19.5 Å². The summed E-state index contributed by atoms with van der Waals surface area (Å²) in [5.41, 5.74) is -0.724. The molecule has 6 heteroatoms. The number of hydrogen-bond acceptors (Lipinski definition) is 4. The SMILES string of the molecule is COCCN1C[C@]23C=C[C@H](O2)[C@H](C(=O)O)[C@@H]3C1=O. The molecule has 6 nitrogen and oxygen atoms in total. The molecule has 0 aromatic carbocycles. The number of amides is 1. The number of carboxylic acids is 1. The summed E-state index contributed by atoms with van der Waals surface area (Å²) >= 11 is 0. The molecule has 3 aliphatic rings. The summed E-state index contributed by atoms with van der Waals surface area (Å²) in [7, 11) is 1.57. The van der Waals surface area contributed by atoms with Crippen LogP contribution >= 0.6 is 0 Å². The van der Waals surface area contributed by atoms with Gasteiger partial charge in [-0.15, -0.1) is 0 Å². The first-order valence-electron chi connectivity index (χ1n) is 5.97. The average Bonchev–Trinajstić information content (AvgIpc) is 2.95. The molecule has 2 bridgehead atoms. The Morgan fingerprint density at radius 1 is 1.72 bits per heavy atom. The third kappa shape index (κ3) is 1.36. The monoisotopic (exact) mass is 253 g/mol. The van der Waals surface area contributed by atoms with Crippen LogP contribution < -0.4 is 0 Å². The standard InChI is InChI=1S/C12H15NO5/c1-17-5-4-13-6-12-3-2-7(18-12)8(11(15)16)9(12)10(13)14/h2-3,7-9H,4-6H2,1H3,(H,15,16)/t7-,8-,9+,12-/m0/s1. The normalized spacial score (nSPS) is 40.6. The van der Waals surface area contributed by atoms with Gasteiger partial charge in [-0.25, -0.2) is 0 Å². The maximum Gasteiger partial charge on any atom is 0.310 e. The summed E-state index contributed by atoms with van der Waals surface area (Å²) in [6, 6.07) is 0. The Kier molecular flexibility index (Phi) is 2.46. The zero-order valence-corrected chi connectivity index (χ0v) is 10.0. The van der Waals surface area contributed by atoms with Crippen molar-refractivity contribution >= 4 is 11.9 Å². The second-order valence-corrected chi connectivity index (χ2v) is 4.99. The van der Waals surface area contributed by atoms with Gasteiger partial charge in [0.1, 0.15) is 11.5 Å². The summed E-state index contributed by atoms with van der Waals surface area (Å²) in [6.45, 7) is 1.35. The van der Waals surface area contributed by atoms with E-state index in [9.17, 15) is 14.7 Å². The molecular weight excluding hydrogens is 238 g/mol. The van der Waals surface area contributed by atoms with Crippen LogP contribution in [-0.4, -0.2) is 60.4 Å². The smallest absolute Gasteiger partial charge is 0.310 e. The molecule has 4 atom stereocenters. The number of ether oxygens (including phenoxy) is 2. The minimum atomic E-state index is -0.960. The number of carbonyl (C=O) groups is 2. The molecule has 2 fully saturated rings. The Balaban J connectivity index is 1.87. The molecule has 98 valence electrons. The molecule has 0 aromatic heterocycles. The highest BCUT2D eigenvalue weighted by atomic mass is 16.5. The first kappa shape index (κ1) is 11.7. The number of aliphatic carboxylic acids is 1. The molecule has 3 rings (SSSR count). The maximum absolute atomic E-state index is 12.3. The Morgan fingerprint density at radius 3 is 3.17 bits per heavy atom. The minimum absolute atomic E-state index is 0.133. The van der Waals surface area contributed by atoms with Crippen molar-refractivity contribution in [1.29, 1.82) is 0 Å². The predicted octanol–water partition coefficient (Wildman–Crippen LogP) is -0.501. The van der Waals surface area contributed by atoms with E-state index in [0.29, 0.717) is 19.7 Å². The van der Waals surface area contributed by atoms with Crippen molar-refractivity contribution in [2.24, 2.45) is 11.8 Å². The second kappa shape index (κ2) is 3.80. The molecule has 1 amide bonds. The number of nitrogens with zero attached hydrogens (tertiary/aromatic N) is 1. The average molecular weight is 253 g/mol. The molecule has 0 radical (unpaired) electrons. The molecule has 0 unspecified atom stereocenters. The lowest BCUT2D eigenvalue weighted by molar-refractivity contribution is -0.148. The highest BCUT2D eigenvalue weighted by Gasteiger charge is 2.66. The van der Waals surface area contributed by atoms with Gasteiger partial charge in [0.25, 0.3) is 0 Å². The van der Waals surface area contributed by atoms with Crippen LogP contribution in [0, 0.1) is 11.8 Å². The van der Waals surface area contributed by atoms with E-state index < -0.39 is 29.5 Å². The summed E-state index contributed by atoms with van der Waals surface area (Å²) in [4.78, 5) is 25.2. The fourth-order valence-electron chi connectivity index (χ4n) is 3.25. The van der Waals surface area contributed by atoms with Crippen LogP contribution in [0.25, 0.3) is 0 Å². The fraction of sp³-hybridized carbons (Fsp3) is 0.667. The van der Waals surface area contributed by atoms with Crippen LogP contribution in [0.3, 0.4) is 0 Å². The molecule has 2 saturated heterocycles. The van der Waals surface area contributed by atoms with Crippen molar-refractivity contribution in [1.82, 2.24) is 4.90 Å². The van der Waals surface area contributed by atoms with E-state index >= 15 is 0 Å². The van der Waals surface area contributed by atoms with Crippen LogP contribution in [0.4, 0.5) is 0 Å². The van der Waals surface area contributed by atoms with E-state index in [0.717, 1.165) is 0 Å². The molecule has 0 saturated carbocycles. The number of methoxy groups -OCH3 is 1. The van der Waals surface area contributed by atoms with Crippen molar-refractivity contribution in [3.63, 3.8) is 0 Å². The molecule has 1 N–H and O–H groups in total. The highest BCUT2D eigenvalue weighted by Crippen LogP contribution is 2.51. The van der Waals surface area contributed by atoms with Gasteiger partial charge >= 0.3 is 5.97 Å². The van der Waals surface area contributed by atoms with Crippen LogP contribution in [0.15, 0.2) is 12.2 Å². The van der Waals surface area contributed by atoms with E-state index in [1.165, 1.54) is 0 Å². The molecule has 3 aliphatic heterocycles. The first-order chi connectivity index (χ1) is 8.59. The van der Waals surface area contributed by atoms with E-state index in [4.69, 9.17) is 9.47 Å². The van der Waals surface area contributed by atoms with Crippen LogP contribution in [0.5, 0.6) is 0 Å². The van der Waals surface area contributed by atoms with Gasteiger partial charge in [0.15, 0.2) is 0 Å². The van der Waals surface area contributed by atoms with Crippen LogP contribution in [0.2, 0.25) is 0 Å². The van der Waals surface area contributed by atoms with Gasteiger partial charge in [0, 0.05) is 13.7 Å². The zero-order valence-electron chi connectivity index (χ0n) is 10.0. The molecule has 18 heavy (non-hydrogen) atoms. The van der Waals surface area contributed by atoms with Gasteiger partial charge in [-0.05, 0) is 0 Å². The van der Waals surface area contributed by atoms with Crippen molar-refractivity contribution in [2.75, 3.05) is 26.8 Å². The second-order valence-electron chi connectivity index (χ2n) is 4.99. The number of carbonyl (C=O) groups excluding carboxylic acids is 1. The van der Waals surface area contributed by atoms with Crippen LogP contribution in [-0.2, 0) is 19.1 Å². The van der Waals surface area contributed by atoms with Gasteiger partial charge in [0.2, 0.25) is 5.91 Å². The maximum atomic E-state index is 12.3. The number of rotatable bonds is 4. The van der Waals surface area contributed by atoms with Crippen LogP contribution in [0.1, 0.15) is 0 Å². The van der Waals surface area contributed by atoms with Crippen molar-refractivity contribution in [2.45, 2.75) is 11.7 Å². The van der Waals surface area contributed by atoms with Crippen molar-refractivity contribution < 1.29 is 24.2 Å². The van der Waals surface area contributed by atoms with E-state index in [1.54, 1.807) is 18.1 Å². The third-order valence-corrected chi connectivity index (χ3v) is 4.03. The lowest BCUT2D eigenvalue weighted by Crippen LogP contribution is -2.39. The zero-order chi connectivity index (χ0) is 12.9. The van der Waals surface area contributed by atoms with Crippen molar-refractivity contribution in [3.8, 4) is 0 Å². The Hall–Kier alpha value is -1.40. The number of likely N-dealkylation sites (tertiary alicyclic amines) is 1. The molecule has 0 aliphatic carbocycles. The number of carboxylic acid groups (broad SMARTS) is 1. The Labute approximate surface area is 104 Å².